The fraction of sp³-hybridized carbons (Fsp3) is 0.533. The van der Waals surface area contributed by atoms with E-state index in [1.165, 1.54) is 12.3 Å². The van der Waals surface area contributed by atoms with Crippen LogP contribution in [0.5, 0.6) is 0 Å². The molecule has 2 aromatic heterocycles. The number of alkyl halides is 3. The van der Waals surface area contributed by atoms with Gasteiger partial charge in [-0.1, -0.05) is 0 Å². The molecular weight excluding hydrogens is 325 g/mol. The highest BCUT2D eigenvalue weighted by atomic mass is 19.4. The number of nitrogens with zero attached hydrogens (tertiary/aromatic N) is 4. The van der Waals surface area contributed by atoms with Crippen molar-refractivity contribution in [2.75, 3.05) is 19.7 Å². The second kappa shape index (κ2) is 6.76. The molecule has 0 aliphatic rings. The van der Waals surface area contributed by atoms with E-state index in [2.05, 4.69) is 10.1 Å². The van der Waals surface area contributed by atoms with Gasteiger partial charge in [-0.3, -0.25) is 4.79 Å². The Labute approximate surface area is 136 Å². The fourth-order valence-electron chi connectivity index (χ4n) is 2.42. The molecule has 0 bridgehead atoms. The summed E-state index contributed by atoms with van der Waals surface area (Å²) in [6, 6.07) is 1.55. The van der Waals surface area contributed by atoms with Gasteiger partial charge in [-0.05, 0) is 26.8 Å². The fourth-order valence-corrected chi connectivity index (χ4v) is 2.42. The minimum Gasteiger partial charge on any atom is -0.395 e. The van der Waals surface area contributed by atoms with Gasteiger partial charge in [0, 0.05) is 18.0 Å². The standard InChI is InChI=1S/C15H19F3N4O2/c1-9(2)22-13-11(7-19-22)6-12(10(3)20-13)14(24)21(4-5-23)8-15(16,17)18/h6-7,9,23H,4-5,8H2,1-3H3. The molecule has 132 valence electrons. The first kappa shape index (κ1) is 18.2. The lowest BCUT2D eigenvalue weighted by Gasteiger charge is -2.23. The summed E-state index contributed by atoms with van der Waals surface area (Å²) in [4.78, 5) is 17.4. The monoisotopic (exact) mass is 344 g/mol. The third-order valence-electron chi connectivity index (χ3n) is 3.51. The number of fused-ring (bicyclic) bond motifs is 1. The Morgan fingerprint density at radius 3 is 2.62 bits per heavy atom. The summed E-state index contributed by atoms with van der Waals surface area (Å²) in [5, 5.41) is 13.7. The Morgan fingerprint density at radius 1 is 1.42 bits per heavy atom. The maximum Gasteiger partial charge on any atom is 0.406 e. The number of hydrogen-bond acceptors (Lipinski definition) is 4. The maximum absolute atomic E-state index is 12.6. The van der Waals surface area contributed by atoms with Crippen molar-refractivity contribution in [3.05, 3.63) is 23.5 Å². The molecule has 0 aliphatic heterocycles. The predicted octanol–water partition coefficient (Wildman–Crippen LogP) is 2.32. The number of carbonyl (C=O) groups is 1. The molecule has 0 aliphatic carbocycles. The van der Waals surface area contributed by atoms with Crippen molar-refractivity contribution in [3.8, 4) is 0 Å². The van der Waals surface area contributed by atoms with E-state index in [1.54, 1.807) is 11.6 Å². The van der Waals surface area contributed by atoms with E-state index in [1.807, 2.05) is 13.8 Å². The number of carbonyl (C=O) groups excluding carboxylic acids is 1. The Balaban J connectivity index is 2.42. The normalized spacial score (nSPS) is 12.2. The van der Waals surface area contributed by atoms with Gasteiger partial charge < -0.3 is 10.0 Å². The molecule has 2 rings (SSSR count). The Morgan fingerprint density at radius 2 is 2.08 bits per heavy atom. The van der Waals surface area contributed by atoms with Crippen LogP contribution in [0.1, 0.15) is 35.9 Å². The van der Waals surface area contributed by atoms with Crippen molar-refractivity contribution in [3.63, 3.8) is 0 Å². The highest BCUT2D eigenvalue weighted by Crippen LogP contribution is 2.22. The van der Waals surface area contributed by atoms with Crippen molar-refractivity contribution in [1.29, 1.82) is 0 Å². The molecule has 0 radical (unpaired) electrons. The van der Waals surface area contributed by atoms with Crippen LogP contribution >= 0.6 is 0 Å². The van der Waals surface area contributed by atoms with Gasteiger partial charge in [0.25, 0.3) is 5.91 Å². The lowest BCUT2D eigenvalue weighted by atomic mass is 10.1. The van der Waals surface area contributed by atoms with Gasteiger partial charge in [0.2, 0.25) is 0 Å². The predicted molar refractivity (Wildman–Crippen MR) is 81.7 cm³/mol. The number of aromatic nitrogens is 3. The SMILES string of the molecule is Cc1nc2c(cnn2C(C)C)cc1C(=O)N(CCO)CC(F)(F)F. The molecule has 0 saturated heterocycles. The van der Waals surface area contributed by atoms with Gasteiger partial charge >= 0.3 is 6.18 Å². The van der Waals surface area contributed by atoms with Gasteiger partial charge in [0.15, 0.2) is 5.65 Å². The molecule has 1 N–H and O–H groups in total. The molecule has 0 aromatic carbocycles. The molecular formula is C15H19F3N4O2. The molecule has 2 heterocycles. The number of pyridine rings is 1. The van der Waals surface area contributed by atoms with Crippen LogP contribution in [0.3, 0.4) is 0 Å². The van der Waals surface area contributed by atoms with Crippen LogP contribution in [0.15, 0.2) is 12.3 Å². The number of halogens is 3. The molecule has 0 atom stereocenters. The lowest BCUT2D eigenvalue weighted by molar-refractivity contribution is -0.141. The van der Waals surface area contributed by atoms with E-state index in [4.69, 9.17) is 5.11 Å². The van der Waals surface area contributed by atoms with E-state index in [-0.39, 0.29) is 11.6 Å². The minimum atomic E-state index is -4.54. The van der Waals surface area contributed by atoms with E-state index < -0.39 is 31.8 Å². The van der Waals surface area contributed by atoms with E-state index >= 15 is 0 Å². The molecule has 6 nitrogen and oxygen atoms in total. The van der Waals surface area contributed by atoms with E-state index in [0.717, 1.165) is 0 Å². The van der Waals surface area contributed by atoms with Crippen LogP contribution in [-0.2, 0) is 0 Å². The molecule has 0 fully saturated rings. The lowest BCUT2D eigenvalue weighted by Crippen LogP contribution is -2.41. The number of rotatable bonds is 5. The topological polar surface area (TPSA) is 71.2 Å². The van der Waals surface area contributed by atoms with Crippen molar-refractivity contribution in [2.45, 2.75) is 33.0 Å². The first-order valence-electron chi connectivity index (χ1n) is 7.45. The summed E-state index contributed by atoms with van der Waals surface area (Å²) in [7, 11) is 0. The molecule has 9 heteroatoms. The zero-order valence-corrected chi connectivity index (χ0v) is 13.6. The Kier molecular flexibility index (Phi) is 5.12. The van der Waals surface area contributed by atoms with Gasteiger partial charge in [-0.15, -0.1) is 0 Å². The van der Waals surface area contributed by atoms with E-state index in [9.17, 15) is 18.0 Å². The first-order chi connectivity index (χ1) is 11.1. The van der Waals surface area contributed by atoms with Crippen LogP contribution in [0, 0.1) is 6.92 Å². The molecule has 0 unspecified atom stereocenters. The summed E-state index contributed by atoms with van der Waals surface area (Å²) >= 11 is 0. The zero-order valence-electron chi connectivity index (χ0n) is 13.6. The average molecular weight is 344 g/mol. The first-order valence-corrected chi connectivity index (χ1v) is 7.45. The van der Waals surface area contributed by atoms with E-state index in [0.29, 0.717) is 21.6 Å². The average Bonchev–Trinajstić information content (AvgIpc) is 2.86. The summed E-state index contributed by atoms with van der Waals surface area (Å²) in [5.41, 5.74) is 0.965. The Bertz CT molecular complexity index is 740. The number of amides is 1. The van der Waals surface area contributed by atoms with Crippen molar-refractivity contribution < 1.29 is 23.1 Å². The van der Waals surface area contributed by atoms with Crippen molar-refractivity contribution >= 4 is 16.9 Å². The highest BCUT2D eigenvalue weighted by Gasteiger charge is 2.33. The molecule has 1 amide bonds. The second-order valence-electron chi connectivity index (χ2n) is 5.78. The summed E-state index contributed by atoms with van der Waals surface area (Å²) in [6.45, 7) is 3.04. The van der Waals surface area contributed by atoms with Crippen LogP contribution in [0.2, 0.25) is 0 Å². The second-order valence-corrected chi connectivity index (χ2v) is 5.78. The summed E-state index contributed by atoms with van der Waals surface area (Å²) in [5.74, 6) is -0.814. The highest BCUT2D eigenvalue weighted by molar-refractivity contribution is 5.98. The van der Waals surface area contributed by atoms with Crippen LogP contribution in [0.4, 0.5) is 13.2 Å². The molecule has 24 heavy (non-hydrogen) atoms. The summed E-state index contributed by atoms with van der Waals surface area (Å²) < 4.78 is 39.6. The quantitative estimate of drug-likeness (QED) is 0.904. The minimum absolute atomic E-state index is 0.0621. The smallest absolute Gasteiger partial charge is 0.395 e. The van der Waals surface area contributed by atoms with Gasteiger partial charge in [-0.25, -0.2) is 9.67 Å². The molecule has 0 saturated carbocycles. The zero-order chi connectivity index (χ0) is 18.1. The number of hydrogen-bond donors (Lipinski definition) is 1. The Hall–Kier alpha value is -2.16. The van der Waals surface area contributed by atoms with Gasteiger partial charge in [-0.2, -0.15) is 18.3 Å². The van der Waals surface area contributed by atoms with Gasteiger partial charge in [0.05, 0.1) is 24.1 Å². The largest absolute Gasteiger partial charge is 0.406 e. The van der Waals surface area contributed by atoms with Crippen molar-refractivity contribution in [1.82, 2.24) is 19.7 Å². The molecule has 0 spiro atoms. The number of aryl methyl sites for hydroxylation is 1. The van der Waals surface area contributed by atoms with Crippen LogP contribution in [0.25, 0.3) is 11.0 Å². The third kappa shape index (κ3) is 3.84. The number of aliphatic hydroxyl groups is 1. The molecule has 2 aromatic rings. The number of aliphatic hydroxyl groups excluding tert-OH is 1. The van der Waals surface area contributed by atoms with Gasteiger partial charge in [0.1, 0.15) is 6.54 Å². The third-order valence-corrected chi connectivity index (χ3v) is 3.51. The van der Waals surface area contributed by atoms with Crippen molar-refractivity contribution in [2.24, 2.45) is 0 Å². The summed E-state index contributed by atoms with van der Waals surface area (Å²) in [6.07, 6.45) is -3.02. The maximum atomic E-state index is 12.6. The van der Waals surface area contributed by atoms with Crippen LogP contribution in [-0.4, -0.2) is 56.6 Å². The van der Waals surface area contributed by atoms with Crippen LogP contribution < -0.4 is 0 Å².